The van der Waals surface area contributed by atoms with Crippen molar-refractivity contribution in [3.05, 3.63) is 29.3 Å². The average Bonchev–Trinajstić information content (AvgIpc) is 3.08. The lowest BCUT2D eigenvalue weighted by Crippen LogP contribution is -2.54. The van der Waals surface area contributed by atoms with Crippen molar-refractivity contribution in [1.82, 2.24) is 14.9 Å². The monoisotopic (exact) mass is 400 g/mol. The summed E-state index contributed by atoms with van der Waals surface area (Å²) in [4.78, 5) is 28.4. The largest absolute Gasteiger partial charge is 0.378 e. The number of rotatable bonds is 5. The molecule has 0 spiro atoms. The molecule has 0 atom stereocenters. The molecule has 1 aromatic rings. The van der Waals surface area contributed by atoms with E-state index in [4.69, 9.17) is 4.74 Å². The Morgan fingerprint density at radius 1 is 0.966 bits per heavy atom. The van der Waals surface area contributed by atoms with Gasteiger partial charge in [-0.3, -0.25) is 19.5 Å². The minimum atomic E-state index is -0.334. The van der Waals surface area contributed by atoms with E-state index < -0.39 is 0 Å². The molecule has 7 nitrogen and oxygen atoms in total. The minimum absolute atomic E-state index is 0.255. The SMILES string of the molecule is CC(C)c1cc(N2CCOCC2)ccc1CN1CCN(N2CCC(=O)C2=O)CC1. The first-order valence-corrected chi connectivity index (χ1v) is 10.8. The molecule has 0 N–H and O–H groups in total. The zero-order valence-corrected chi connectivity index (χ0v) is 17.6. The molecule has 3 aliphatic rings. The Labute approximate surface area is 173 Å². The van der Waals surface area contributed by atoms with Gasteiger partial charge < -0.3 is 9.64 Å². The molecule has 1 aromatic carbocycles. The zero-order chi connectivity index (χ0) is 20.4. The van der Waals surface area contributed by atoms with E-state index in [9.17, 15) is 9.59 Å². The van der Waals surface area contributed by atoms with Gasteiger partial charge in [0.05, 0.1) is 13.2 Å². The van der Waals surface area contributed by atoms with Crippen molar-refractivity contribution in [2.45, 2.75) is 32.7 Å². The van der Waals surface area contributed by atoms with E-state index in [0.717, 1.165) is 59.0 Å². The third kappa shape index (κ3) is 4.47. The number of piperazine rings is 1. The van der Waals surface area contributed by atoms with Crippen LogP contribution in [0, 0.1) is 0 Å². The van der Waals surface area contributed by atoms with Crippen molar-refractivity contribution >= 4 is 17.4 Å². The number of hydrazine groups is 1. The molecule has 3 heterocycles. The molecule has 0 aromatic heterocycles. The number of hydrogen-bond donors (Lipinski definition) is 0. The highest BCUT2D eigenvalue weighted by Gasteiger charge is 2.34. The van der Waals surface area contributed by atoms with Crippen molar-refractivity contribution in [2.24, 2.45) is 0 Å². The van der Waals surface area contributed by atoms with Crippen molar-refractivity contribution in [1.29, 1.82) is 0 Å². The Morgan fingerprint density at radius 3 is 2.31 bits per heavy atom. The molecular formula is C22H32N4O3. The van der Waals surface area contributed by atoms with Gasteiger partial charge >= 0.3 is 5.91 Å². The topological polar surface area (TPSA) is 56.3 Å². The van der Waals surface area contributed by atoms with E-state index in [1.165, 1.54) is 16.8 Å². The molecule has 0 aliphatic carbocycles. The summed E-state index contributed by atoms with van der Waals surface area (Å²) in [6.45, 7) is 12.9. The van der Waals surface area contributed by atoms with Gasteiger partial charge in [0.1, 0.15) is 0 Å². The van der Waals surface area contributed by atoms with E-state index in [2.05, 4.69) is 46.9 Å². The number of ketones is 1. The maximum atomic E-state index is 12.0. The number of amides is 1. The van der Waals surface area contributed by atoms with Gasteiger partial charge in [-0.2, -0.15) is 0 Å². The third-order valence-corrected chi connectivity index (χ3v) is 6.24. The normalized spacial score (nSPS) is 22.2. The van der Waals surface area contributed by atoms with Gasteiger partial charge in [-0.05, 0) is 29.2 Å². The van der Waals surface area contributed by atoms with Crippen LogP contribution < -0.4 is 4.90 Å². The molecule has 29 heavy (non-hydrogen) atoms. The first kappa shape index (κ1) is 20.3. The number of hydrogen-bond acceptors (Lipinski definition) is 6. The molecule has 3 fully saturated rings. The van der Waals surface area contributed by atoms with Gasteiger partial charge in [-0.25, -0.2) is 5.01 Å². The second kappa shape index (κ2) is 8.81. The van der Waals surface area contributed by atoms with Gasteiger partial charge in [0, 0.05) is 64.5 Å². The number of nitrogens with zero attached hydrogens (tertiary/aromatic N) is 4. The van der Waals surface area contributed by atoms with Crippen LogP contribution >= 0.6 is 0 Å². The quantitative estimate of drug-likeness (QED) is 0.698. The third-order valence-electron chi connectivity index (χ3n) is 6.24. The number of ether oxygens (including phenoxy) is 1. The highest BCUT2D eigenvalue weighted by atomic mass is 16.5. The second-order valence-electron chi connectivity index (χ2n) is 8.47. The van der Waals surface area contributed by atoms with Gasteiger partial charge in [0.15, 0.2) is 0 Å². The van der Waals surface area contributed by atoms with Crippen molar-refractivity contribution in [3.8, 4) is 0 Å². The van der Waals surface area contributed by atoms with Crippen LogP contribution in [0.25, 0.3) is 0 Å². The fourth-order valence-corrected chi connectivity index (χ4v) is 4.49. The molecule has 4 rings (SSSR count). The van der Waals surface area contributed by atoms with Gasteiger partial charge in [-0.15, -0.1) is 0 Å². The van der Waals surface area contributed by atoms with Crippen LogP contribution in [0.2, 0.25) is 0 Å². The molecule has 7 heteroatoms. The van der Waals surface area contributed by atoms with E-state index in [1.807, 2.05) is 0 Å². The van der Waals surface area contributed by atoms with Gasteiger partial charge in [0.2, 0.25) is 5.78 Å². The highest BCUT2D eigenvalue weighted by molar-refractivity contribution is 6.37. The fourth-order valence-electron chi connectivity index (χ4n) is 4.49. The number of Topliss-reactive ketones (excluding diaryl/α,β-unsaturated/α-hetero) is 1. The van der Waals surface area contributed by atoms with Crippen LogP contribution in [-0.2, 0) is 20.9 Å². The molecule has 158 valence electrons. The van der Waals surface area contributed by atoms with Crippen molar-refractivity contribution in [3.63, 3.8) is 0 Å². The smallest absolute Gasteiger partial charge is 0.304 e. The van der Waals surface area contributed by atoms with Crippen LogP contribution in [0.15, 0.2) is 18.2 Å². The van der Waals surface area contributed by atoms with Crippen LogP contribution in [0.3, 0.4) is 0 Å². The lowest BCUT2D eigenvalue weighted by atomic mass is 9.95. The Balaban J connectivity index is 1.39. The number of carbonyl (C=O) groups excluding carboxylic acids is 2. The van der Waals surface area contributed by atoms with Crippen LogP contribution in [0.1, 0.15) is 37.3 Å². The summed E-state index contributed by atoms with van der Waals surface area (Å²) < 4.78 is 5.49. The first-order chi connectivity index (χ1) is 14.0. The van der Waals surface area contributed by atoms with Gasteiger partial charge in [-0.1, -0.05) is 19.9 Å². The summed E-state index contributed by atoms with van der Waals surface area (Å²) in [6, 6.07) is 6.89. The highest BCUT2D eigenvalue weighted by Crippen LogP contribution is 2.27. The van der Waals surface area contributed by atoms with E-state index in [1.54, 1.807) is 5.01 Å². The Kier molecular flexibility index (Phi) is 6.18. The van der Waals surface area contributed by atoms with E-state index >= 15 is 0 Å². The molecule has 1 amide bonds. The first-order valence-electron chi connectivity index (χ1n) is 10.8. The van der Waals surface area contributed by atoms with Crippen LogP contribution in [-0.4, -0.2) is 85.6 Å². The Morgan fingerprint density at radius 2 is 1.69 bits per heavy atom. The molecule has 3 aliphatic heterocycles. The summed E-state index contributed by atoms with van der Waals surface area (Å²) in [5.74, 6) is -0.117. The number of anilines is 1. The van der Waals surface area contributed by atoms with Gasteiger partial charge in [0.25, 0.3) is 0 Å². The average molecular weight is 401 g/mol. The maximum Gasteiger partial charge on any atom is 0.304 e. The standard InChI is InChI=1S/C22H32N4O3/c1-17(2)20-15-19(24-11-13-29-14-12-24)4-3-18(20)16-23-7-9-25(10-8-23)26-6-5-21(27)22(26)28/h3-4,15,17H,5-14,16H2,1-2H3. The number of morpholine rings is 1. The minimum Gasteiger partial charge on any atom is -0.378 e. The summed E-state index contributed by atoms with van der Waals surface area (Å²) >= 11 is 0. The second-order valence-corrected chi connectivity index (χ2v) is 8.47. The number of benzene rings is 1. The molecule has 0 unspecified atom stereocenters. The summed E-state index contributed by atoms with van der Waals surface area (Å²) in [6.07, 6.45) is 0.353. The lowest BCUT2D eigenvalue weighted by molar-refractivity contribution is -0.152. The molecule has 0 bridgehead atoms. The summed E-state index contributed by atoms with van der Waals surface area (Å²) in [5, 5.41) is 3.70. The fraction of sp³-hybridized carbons (Fsp3) is 0.636. The zero-order valence-electron chi connectivity index (χ0n) is 17.6. The predicted octanol–water partition coefficient (Wildman–Crippen LogP) is 1.48. The molecule has 0 radical (unpaired) electrons. The van der Waals surface area contributed by atoms with Crippen molar-refractivity contribution in [2.75, 3.05) is 63.9 Å². The molecule has 0 saturated carbocycles. The van der Waals surface area contributed by atoms with E-state index in [-0.39, 0.29) is 11.7 Å². The predicted molar refractivity (Wildman–Crippen MR) is 112 cm³/mol. The van der Waals surface area contributed by atoms with Crippen molar-refractivity contribution < 1.29 is 14.3 Å². The number of carbonyl (C=O) groups is 2. The molecular weight excluding hydrogens is 368 g/mol. The van der Waals surface area contributed by atoms with Crippen LogP contribution in [0.5, 0.6) is 0 Å². The lowest BCUT2D eigenvalue weighted by Gasteiger charge is -2.39. The van der Waals surface area contributed by atoms with Crippen LogP contribution in [0.4, 0.5) is 5.69 Å². The summed E-state index contributed by atoms with van der Waals surface area (Å²) in [7, 11) is 0. The molecule has 3 saturated heterocycles. The Hall–Kier alpha value is -1.96. The Bertz CT molecular complexity index is 752. The maximum absolute atomic E-state index is 12.0. The van der Waals surface area contributed by atoms with E-state index in [0.29, 0.717) is 18.9 Å². The summed E-state index contributed by atoms with van der Waals surface area (Å²) in [5.41, 5.74) is 4.09.